The van der Waals surface area contributed by atoms with Crippen molar-refractivity contribution in [2.75, 3.05) is 14.1 Å². The van der Waals surface area contributed by atoms with Crippen LogP contribution in [-0.4, -0.2) is 38.6 Å². The third kappa shape index (κ3) is 3.02. The van der Waals surface area contributed by atoms with Gasteiger partial charge in [0.05, 0.1) is 40.4 Å². The first-order valence-corrected chi connectivity index (χ1v) is 7.08. The Hall–Kier alpha value is -2.32. The van der Waals surface area contributed by atoms with Crippen molar-refractivity contribution < 1.29 is 38.7 Å². The van der Waals surface area contributed by atoms with Crippen LogP contribution < -0.4 is 9.47 Å². The minimum atomic E-state index is -3.57. The van der Waals surface area contributed by atoms with E-state index in [0.29, 0.717) is 0 Å². The molecule has 1 N–H and O–H groups in total. The van der Waals surface area contributed by atoms with Gasteiger partial charge in [0, 0.05) is 42.7 Å². The molecule has 1 atom stereocenters. The quantitative estimate of drug-likeness (QED) is 0.698. The second-order valence-corrected chi connectivity index (χ2v) is 5.18. The fourth-order valence-electron chi connectivity index (χ4n) is 1.60. The topological polar surface area (TPSA) is 96.0 Å². The second-order valence-electron chi connectivity index (χ2n) is 4.07. The Balaban J connectivity index is 2.35. The van der Waals surface area contributed by atoms with Crippen LogP contribution in [0.1, 0.15) is 40.1 Å². The summed E-state index contributed by atoms with van der Waals surface area (Å²) < 4.78 is 162. The Morgan fingerprint density at radius 1 is 1.38 bits per heavy atom. The van der Waals surface area contributed by atoms with Crippen LogP contribution in [0, 0.1) is 13.7 Å². The van der Waals surface area contributed by atoms with E-state index in [1.807, 2.05) is 0 Å². The van der Waals surface area contributed by atoms with Gasteiger partial charge < -0.3 is 14.0 Å². The number of hydrogen-bond acceptors (Lipinski definition) is 6. The molecule has 3 rings (SSSR count). The molecule has 0 aliphatic heterocycles. The molecule has 3 aromatic heterocycles. The summed E-state index contributed by atoms with van der Waals surface area (Å²) in [5.74, 6) is -2.34. The molecule has 0 bridgehead atoms. The van der Waals surface area contributed by atoms with Crippen molar-refractivity contribution in [2.45, 2.75) is 24.6 Å². The minimum Gasteiger partial charge on any atom is -0.609 e. The number of aromatic nitrogens is 4. The minimum absolute atomic E-state index is 0.114. The molecule has 126 valence electrons. The van der Waals surface area contributed by atoms with Gasteiger partial charge in [-0.25, -0.2) is 0 Å². The molecule has 0 spiro atoms. The smallest absolute Gasteiger partial charge is 0.323 e. The molecule has 7 nitrogen and oxygen atoms in total. The normalized spacial score (nSPS) is 26.0. The summed E-state index contributed by atoms with van der Waals surface area (Å²) in [6.45, 7) is -6.93. The van der Waals surface area contributed by atoms with Crippen LogP contribution >= 0.6 is 0 Å². The Labute approximate surface area is 168 Å². The van der Waals surface area contributed by atoms with Crippen LogP contribution in [0.3, 0.4) is 0 Å². The molecule has 0 amide bonds. The first kappa shape index (κ1) is 5.34. The van der Waals surface area contributed by atoms with Gasteiger partial charge in [-0.3, -0.25) is 9.96 Å². The Morgan fingerprint density at radius 3 is 3.08 bits per heavy atom. The van der Waals surface area contributed by atoms with Crippen molar-refractivity contribution >= 4 is 22.3 Å². The first-order chi connectivity index (χ1) is 18.7. The first-order valence-electron chi connectivity index (χ1n) is 14.9. The van der Waals surface area contributed by atoms with E-state index in [1.54, 1.807) is 0 Å². The number of nitrogens with one attached hydrogen (secondary N) is 1. The maximum absolute atomic E-state index is 13.6. The van der Waals surface area contributed by atoms with Crippen molar-refractivity contribution in [3.63, 3.8) is 0 Å². The highest BCUT2D eigenvalue weighted by Gasteiger charge is 2.21. The molecule has 0 saturated carbocycles. The number of pyridine rings is 2. The zero-order valence-corrected chi connectivity index (χ0v) is 12.2. The lowest BCUT2D eigenvalue weighted by Gasteiger charge is -2.13. The fraction of sp³-hybridized carbons (Fsp3) is 0.312. The van der Waals surface area contributed by atoms with Gasteiger partial charge in [-0.15, -0.1) is 0 Å². The van der Waals surface area contributed by atoms with Crippen molar-refractivity contribution in [3.05, 3.63) is 35.1 Å². The van der Waals surface area contributed by atoms with Crippen molar-refractivity contribution in [3.8, 4) is 11.6 Å². The van der Waals surface area contributed by atoms with Gasteiger partial charge in [-0.05, 0) is 19.7 Å². The van der Waals surface area contributed by atoms with Gasteiger partial charge in [0.15, 0.2) is 12.8 Å². The van der Waals surface area contributed by atoms with E-state index >= 15 is 0 Å². The van der Waals surface area contributed by atoms with Gasteiger partial charge in [0.2, 0.25) is 5.88 Å². The molecule has 0 saturated heterocycles. The fourth-order valence-corrected chi connectivity index (χ4v) is 2.36. The van der Waals surface area contributed by atoms with E-state index in [0.717, 1.165) is 0 Å². The van der Waals surface area contributed by atoms with E-state index < -0.39 is 108 Å². The van der Waals surface area contributed by atoms with Crippen LogP contribution in [0.25, 0.3) is 11.2 Å². The number of imidazole rings is 1. The van der Waals surface area contributed by atoms with Crippen LogP contribution in [0.2, 0.25) is 1.41 Å². The van der Waals surface area contributed by atoms with Gasteiger partial charge >= 0.3 is 5.16 Å². The summed E-state index contributed by atoms with van der Waals surface area (Å²) in [5, 5.41) is -1.07. The molecule has 3 aromatic rings. The molecular weight excluding hydrogens is 328 g/mol. The zero-order chi connectivity index (χ0) is 32.5. The highest BCUT2D eigenvalue weighted by molar-refractivity contribution is 7.90. The number of hydrogen-bond donors (Lipinski definition) is 1. The van der Waals surface area contributed by atoms with Gasteiger partial charge in [-0.1, -0.05) is 0 Å². The molecule has 0 radical (unpaired) electrons. The van der Waals surface area contributed by atoms with Crippen LogP contribution in [0.15, 0.2) is 23.4 Å². The molecule has 3 heterocycles. The van der Waals surface area contributed by atoms with Crippen molar-refractivity contribution in [2.24, 2.45) is 0 Å². The number of ether oxygens (including phenoxy) is 2. The summed E-state index contributed by atoms with van der Waals surface area (Å²) in [6, 6.07) is -1.79. The van der Waals surface area contributed by atoms with E-state index in [2.05, 4.69) is 24.4 Å². The number of nitrogens with zero attached hydrogens (tertiary/aromatic N) is 3. The number of aromatic amines is 1. The van der Waals surface area contributed by atoms with Crippen LogP contribution in [0.4, 0.5) is 0 Å². The Morgan fingerprint density at radius 2 is 2.29 bits per heavy atom. The molecular formula is C16H18N4O3S. The van der Waals surface area contributed by atoms with E-state index in [4.69, 9.17) is 24.7 Å². The lowest BCUT2D eigenvalue weighted by atomic mass is 10.1. The lowest BCUT2D eigenvalue weighted by molar-refractivity contribution is 0.399. The number of H-pyrrole nitrogens is 1. The number of rotatable bonds is 5. The molecule has 0 aliphatic carbocycles. The molecule has 24 heavy (non-hydrogen) atoms. The third-order valence-corrected chi connectivity index (χ3v) is 3.53. The average Bonchev–Trinajstić information content (AvgIpc) is 3.08. The van der Waals surface area contributed by atoms with E-state index in [9.17, 15) is 4.55 Å². The summed E-state index contributed by atoms with van der Waals surface area (Å²) in [4.78, 5) is 10.9. The number of methoxy groups -OCH3 is 2. The number of fused-ring (bicyclic) bond motifs is 1. The largest absolute Gasteiger partial charge is 0.609 e. The van der Waals surface area contributed by atoms with E-state index in [1.165, 1.54) is 0 Å². The average molecular weight is 365 g/mol. The predicted molar refractivity (Wildman–Crippen MR) is 90.8 cm³/mol. The SMILES string of the molecule is [2H]c1nc(C([2H])([2H])[S+]([O-])c2nc3nc(OC([2H])([2H])[2H])c([2H])c([2H])c3n2[2H])c(C([2H])([2H])[2H])c(OC([2H])([2H])[2H])c1C([2H])([2H])[2H]. The summed E-state index contributed by atoms with van der Waals surface area (Å²) >= 11 is -3.31. The molecule has 0 fully saturated rings. The Bertz CT molecular complexity index is 1530. The lowest BCUT2D eigenvalue weighted by Crippen LogP contribution is -2.10. The second kappa shape index (κ2) is 6.66. The molecule has 0 aliphatic rings. The van der Waals surface area contributed by atoms with Gasteiger partial charge in [0.25, 0.3) is 0 Å². The third-order valence-electron chi connectivity index (χ3n) is 2.64. The highest BCUT2D eigenvalue weighted by Crippen LogP contribution is 2.26. The van der Waals surface area contributed by atoms with Crippen molar-refractivity contribution in [1.29, 1.82) is 0 Å². The van der Waals surface area contributed by atoms with Crippen LogP contribution in [-0.2, 0) is 16.9 Å². The summed E-state index contributed by atoms with van der Waals surface area (Å²) in [5.41, 5.74) is -8.98. The molecule has 1 unspecified atom stereocenters. The summed E-state index contributed by atoms with van der Waals surface area (Å²) in [7, 11) is -6.61. The standard InChI is InChI=1S/C16H18N4O3S/c1-9-7-17-12(10(2)14(9)23-4)8-24(21)16-18-11-5-6-13(22-3)19-15(11)20-16/h5-7H,8H2,1-4H3,(H,18,19,20)/i1D3,2D3,3D3,4D3,5D,6D,7D,8D2/hD. The summed E-state index contributed by atoms with van der Waals surface area (Å²) in [6.07, 6.45) is -1.32. The molecule has 0 aromatic carbocycles. The van der Waals surface area contributed by atoms with Crippen molar-refractivity contribution in [1.82, 2.24) is 19.9 Å². The van der Waals surface area contributed by atoms with Crippen LogP contribution in [0.5, 0.6) is 11.6 Å². The maximum Gasteiger partial charge on any atom is 0.323 e. The maximum atomic E-state index is 13.6. The monoisotopic (exact) mass is 364 g/mol. The molecule has 8 heteroatoms. The van der Waals surface area contributed by atoms with Gasteiger partial charge in [0.1, 0.15) is 5.75 Å². The highest BCUT2D eigenvalue weighted by atomic mass is 32.2. The van der Waals surface area contributed by atoms with E-state index in [-0.39, 0.29) is 4.98 Å². The van der Waals surface area contributed by atoms with Gasteiger partial charge in [-0.2, -0.15) is 9.97 Å². The Kier molecular flexibility index (Phi) is 1.48. The zero-order valence-electron chi connectivity index (χ0n) is 29.4. The predicted octanol–water partition coefficient (Wildman–Crippen LogP) is 2.29.